The first-order valence-electron chi connectivity index (χ1n) is 7.45. The lowest BCUT2D eigenvalue weighted by atomic mass is 9.57. The smallest absolute Gasteiger partial charge is 0.122 e. The molecule has 0 amide bonds. The molecule has 0 spiro atoms. The highest BCUT2D eigenvalue weighted by molar-refractivity contribution is 5.41. The summed E-state index contributed by atoms with van der Waals surface area (Å²) in [6.45, 7) is 5.46. The second-order valence-electron chi connectivity index (χ2n) is 6.06. The summed E-state index contributed by atoms with van der Waals surface area (Å²) in [5, 5.41) is 3.38. The maximum Gasteiger partial charge on any atom is 0.122 e. The van der Waals surface area contributed by atoms with Gasteiger partial charge in [0.05, 0.1) is 7.11 Å². The number of benzene rings is 1. The van der Waals surface area contributed by atoms with Crippen LogP contribution in [0.2, 0.25) is 0 Å². The third-order valence-electron chi connectivity index (χ3n) is 4.59. The van der Waals surface area contributed by atoms with Crippen LogP contribution in [-0.2, 0) is 5.41 Å². The van der Waals surface area contributed by atoms with Gasteiger partial charge in [-0.2, -0.15) is 0 Å². The van der Waals surface area contributed by atoms with Gasteiger partial charge in [-0.25, -0.2) is 0 Å². The van der Waals surface area contributed by atoms with E-state index in [9.17, 15) is 0 Å². The van der Waals surface area contributed by atoms with Gasteiger partial charge in [0, 0.05) is 12.0 Å². The van der Waals surface area contributed by atoms with Crippen molar-refractivity contribution in [2.45, 2.75) is 44.9 Å². The van der Waals surface area contributed by atoms with Crippen LogP contribution in [-0.4, -0.2) is 20.7 Å². The number of nitrogens with one attached hydrogen (secondary N) is 1. The lowest BCUT2D eigenvalue weighted by Crippen LogP contribution is -2.47. The summed E-state index contributed by atoms with van der Waals surface area (Å²) in [4.78, 5) is 0. The summed E-state index contributed by atoms with van der Waals surface area (Å²) in [6.07, 6.45) is 5.30. The third kappa shape index (κ3) is 2.79. The minimum absolute atomic E-state index is 0.329. The molecule has 1 aliphatic carbocycles. The number of likely N-dealkylation sites (N-methyl/N-ethyl adjacent to an activating group) is 1. The predicted molar refractivity (Wildman–Crippen MR) is 81.0 cm³/mol. The molecule has 0 aliphatic heterocycles. The van der Waals surface area contributed by atoms with E-state index in [1.54, 1.807) is 7.11 Å². The highest BCUT2D eigenvalue weighted by Gasteiger charge is 2.44. The number of methoxy groups -OCH3 is 1. The fourth-order valence-corrected chi connectivity index (χ4v) is 3.63. The molecule has 0 bridgehead atoms. The number of ether oxygens (including phenoxy) is 1. The Morgan fingerprint density at radius 1 is 1.37 bits per heavy atom. The largest absolute Gasteiger partial charge is 0.496 e. The van der Waals surface area contributed by atoms with Gasteiger partial charge in [0.25, 0.3) is 0 Å². The molecule has 0 radical (unpaired) electrons. The van der Waals surface area contributed by atoms with Crippen molar-refractivity contribution in [3.63, 3.8) is 0 Å². The van der Waals surface area contributed by atoms with Crippen LogP contribution >= 0.6 is 0 Å². The van der Waals surface area contributed by atoms with Gasteiger partial charge in [-0.15, -0.1) is 0 Å². The molecule has 19 heavy (non-hydrogen) atoms. The Hall–Kier alpha value is -1.02. The Morgan fingerprint density at radius 3 is 2.68 bits per heavy atom. The Morgan fingerprint density at radius 2 is 2.11 bits per heavy atom. The van der Waals surface area contributed by atoms with Gasteiger partial charge in [0.2, 0.25) is 0 Å². The van der Waals surface area contributed by atoms with Gasteiger partial charge in [-0.3, -0.25) is 0 Å². The molecule has 0 saturated heterocycles. The van der Waals surface area contributed by atoms with Gasteiger partial charge in [0.15, 0.2) is 0 Å². The Labute approximate surface area is 117 Å². The van der Waals surface area contributed by atoms with Crippen molar-refractivity contribution in [2.24, 2.45) is 5.92 Å². The minimum atomic E-state index is 0.329. The molecule has 2 rings (SSSR count). The molecule has 2 nitrogen and oxygen atoms in total. The average Bonchev–Trinajstić information content (AvgIpc) is 2.37. The molecule has 1 aromatic rings. The van der Waals surface area contributed by atoms with Crippen molar-refractivity contribution in [2.75, 3.05) is 20.7 Å². The van der Waals surface area contributed by atoms with E-state index in [2.05, 4.69) is 44.4 Å². The van der Waals surface area contributed by atoms with E-state index in [1.165, 1.54) is 36.8 Å². The van der Waals surface area contributed by atoms with Crippen LogP contribution in [0.4, 0.5) is 0 Å². The summed E-state index contributed by atoms with van der Waals surface area (Å²) in [5.41, 5.74) is 2.99. The van der Waals surface area contributed by atoms with Gasteiger partial charge >= 0.3 is 0 Å². The first kappa shape index (κ1) is 14.4. The highest BCUT2D eigenvalue weighted by Crippen LogP contribution is 2.49. The SMILES string of the molecule is CCCC1CC(CNC)(c2ccc(C)c(OC)c2)C1. The average molecular weight is 261 g/mol. The predicted octanol–water partition coefficient (Wildman–Crippen LogP) is 3.67. The summed E-state index contributed by atoms with van der Waals surface area (Å²) >= 11 is 0. The fourth-order valence-electron chi connectivity index (χ4n) is 3.63. The molecular weight excluding hydrogens is 234 g/mol. The molecule has 106 valence electrons. The van der Waals surface area contributed by atoms with Gasteiger partial charge in [0.1, 0.15) is 5.75 Å². The van der Waals surface area contributed by atoms with Crippen molar-refractivity contribution in [3.05, 3.63) is 29.3 Å². The summed E-state index contributed by atoms with van der Waals surface area (Å²) in [7, 11) is 3.82. The molecule has 1 saturated carbocycles. The molecule has 1 aliphatic rings. The van der Waals surface area contributed by atoms with E-state index in [-0.39, 0.29) is 0 Å². The maximum absolute atomic E-state index is 5.48. The van der Waals surface area contributed by atoms with E-state index >= 15 is 0 Å². The topological polar surface area (TPSA) is 21.3 Å². The molecule has 0 unspecified atom stereocenters. The van der Waals surface area contributed by atoms with E-state index in [1.807, 2.05) is 0 Å². The van der Waals surface area contributed by atoms with Crippen LogP contribution < -0.4 is 10.1 Å². The van der Waals surface area contributed by atoms with Crippen LogP contribution in [0.3, 0.4) is 0 Å². The van der Waals surface area contributed by atoms with Gasteiger partial charge in [-0.05, 0) is 49.9 Å². The number of rotatable bonds is 6. The summed E-state index contributed by atoms with van der Waals surface area (Å²) in [6, 6.07) is 6.73. The summed E-state index contributed by atoms with van der Waals surface area (Å²) in [5.74, 6) is 1.93. The molecule has 0 heterocycles. The maximum atomic E-state index is 5.48. The van der Waals surface area contributed by atoms with Gasteiger partial charge in [-0.1, -0.05) is 31.9 Å². The van der Waals surface area contributed by atoms with Crippen LogP contribution in [0, 0.1) is 12.8 Å². The van der Waals surface area contributed by atoms with Crippen LogP contribution in [0.15, 0.2) is 18.2 Å². The van der Waals surface area contributed by atoms with E-state index < -0.39 is 0 Å². The van der Waals surface area contributed by atoms with Crippen molar-refractivity contribution >= 4 is 0 Å². The highest BCUT2D eigenvalue weighted by atomic mass is 16.5. The standard InChI is InChI=1S/C17H27NO/c1-5-6-14-10-17(11-14,12-18-3)15-8-7-13(2)16(9-15)19-4/h7-9,14,18H,5-6,10-12H2,1-4H3. The zero-order valence-corrected chi connectivity index (χ0v) is 12.8. The first-order chi connectivity index (χ1) is 9.15. The Bertz CT molecular complexity index is 421. The quantitative estimate of drug-likeness (QED) is 0.843. The molecule has 1 N–H and O–H groups in total. The molecule has 1 aromatic carbocycles. The van der Waals surface area contributed by atoms with Crippen molar-refractivity contribution in [3.8, 4) is 5.75 Å². The van der Waals surface area contributed by atoms with Crippen LogP contribution in [0.25, 0.3) is 0 Å². The van der Waals surface area contributed by atoms with Crippen LogP contribution in [0.5, 0.6) is 5.75 Å². The Kier molecular flexibility index (Phi) is 4.51. The third-order valence-corrected chi connectivity index (χ3v) is 4.59. The van der Waals surface area contributed by atoms with Crippen molar-refractivity contribution in [1.29, 1.82) is 0 Å². The van der Waals surface area contributed by atoms with E-state index in [0.717, 1.165) is 18.2 Å². The lowest BCUT2D eigenvalue weighted by molar-refractivity contribution is 0.131. The molecule has 0 aromatic heterocycles. The van der Waals surface area contributed by atoms with Crippen molar-refractivity contribution < 1.29 is 4.74 Å². The van der Waals surface area contributed by atoms with Gasteiger partial charge < -0.3 is 10.1 Å². The monoisotopic (exact) mass is 261 g/mol. The second kappa shape index (κ2) is 5.96. The number of hydrogen-bond acceptors (Lipinski definition) is 2. The van der Waals surface area contributed by atoms with Crippen molar-refractivity contribution in [1.82, 2.24) is 5.32 Å². The fraction of sp³-hybridized carbons (Fsp3) is 0.647. The molecule has 0 atom stereocenters. The van der Waals surface area contributed by atoms with E-state index in [4.69, 9.17) is 4.74 Å². The number of aryl methyl sites for hydroxylation is 1. The zero-order valence-electron chi connectivity index (χ0n) is 12.8. The molecule has 2 heteroatoms. The first-order valence-corrected chi connectivity index (χ1v) is 7.45. The summed E-state index contributed by atoms with van der Waals surface area (Å²) < 4.78 is 5.48. The number of hydrogen-bond donors (Lipinski definition) is 1. The van der Waals surface area contributed by atoms with E-state index in [0.29, 0.717) is 5.41 Å². The zero-order chi connectivity index (χ0) is 13.9. The van der Waals surface area contributed by atoms with Crippen LogP contribution in [0.1, 0.15) is 43.7 Å². The molecular formula is C17H27NO. The lowest BCUT2D eigenvalue weighted by Gasteiger charge is -2.49. The molecule has 1 fully saturated rings. The second-order valence-corrected chi connectivity index (χ2v) is 6.06. The minimum Gasteiger partial charge on any atom is -0.496 e. The Balaban J connectivity index is 2.21. The normalized spacial score (nSPS) is 26.0.